The van der Waals surface area contributed by atoms with Gasteiger partial charge in [-0.15, -0.1) is 0 Å². The Labute approximate surface area is 291 Å². The highest BCUT2D eigenvalue weighted by atomic mass is 16.6. The van der Waals surface area contributed by atoms with Gasteiger partial charge in [-0.25, -0.2) is 0 Å². The Hall–Kier alpha value is -5.76. The van der Waals surface area contributed by atoms with Crippen LogP contribution >= 0.6 is 0 Å². The van der Waals surface area contributed by atoms with Crippen molar-refractivity contribution < 1.29 is 33.9 Å². The summed E-state index contributed by atoms with van der Waals surface area (Å²) >= 11 is 0. The largest absolute Gasteiger partial charge is 0.504 e. The predicted molar refractivity (Wildman–Crippen MR) is 190 cm³/mol. The fraction of sp³-hybridized carbons (Fsp3) is 0.163. The van der Waals surface area contributed by atoms with Crippen molar-refractivity contribution in [2.75, 3.05) is 0 Å². The van der Waals surface area contributed by atoms with Crippen LogP contribution in [0, 0.1) is 0 Å². The number of fused-ring (bicyclic) bond motifs is 1. The number of aromatic hydroxyl groups is 1. The van der Waals surface area contributed by atoms with Crippen LogP contribution in [0.15, 0.2) is 152 Å². The molecule has 7 nitrogen and oxygen atoms in total. The Morgan fingerprint density at radius 1 is 0.520 bits per heavy atom. The summed E-state index contributed by atoms with van der Waals surface area (Å²) in [7, 11) is 0. The van der Waals surface area contributed by atoms with Crippen molar-refractivity contribution in [3.05, 3.63) is 185 Å². The summed E-state index contributed by atoms with van der Waals surface area (Å²) in [5.74, 6) is 1.67. The Kier molecular flexibility index (Phi) is 10.2. The summed E-state index contributed by atoms with van der Waals surface area (Å²) in [6.45, 7) is 1.13. The molecular formula is C43H38O7. The van der Waals surface area contributed by atoms with E-state index in [1.165, 1.54) is 0 Å². The zero-order valence-electron chi connectivity index (χ0n) is 27.4. The molecule has 2 N–H and O–H groups in total. The molecule has 6 aromatic rings. The van der Waals surface area contributed by atoms with Gasteiger partial charge in [0, 0.05) is 12.1 Å². The fourth-order valence-corrected chi connectivity index (χ4v) is 5.94. The molecule has 50 heavy (non-hydrogen) atoms. The average Bonchev–Trinajstić information content (AvgIpc) is 3.17. The van der Waals surface area contributed by atoms with Crippen molar-refractivity contribution in [2.24, 2.45) is 0 Å². The molecule has 0 fully saturated rings. The van der Waals surface area contributed by atoms with Gasteiger partial charge in [-0.05, 0) is 39.9 Å². The van der Waals surface area contributed by atoms with Crippen LogP contribution < -0.4 is 18.9 Å². The van der Waals surface area contributed by atoms with Crippen LogP contribution in [0.1, 0.15) is 45.6 Å². The van der Waals surface area contributed by atoms with Crippen LogP contribution in [-0.2, 0) is 31.2 Å². The molecule has 6 aromatic carbocycles. The van der Waals surface area contributed by atoms with E-state index in [-0.39, 0.29) is 25.6 Å². The van der Waals surface area contributed by atoms with E-state index in [1.807, 2.05) is 121 Å². The highest BCUT2D eigenvalue weighted by Gasteiger charge is 2.42. The molecule has 0 saturated heterocycles. The number of ether oxygens (including phenoxy) is 5. The molecular weight excluding hydrogens is 628 g/mol. The van der Waals surface area contributed by atoms with Gasteiger partial charge in [0.25, 0.3) is 0 Å². The molecule has 1 aliphatic rings. The second-order valence-corrected chi connectivity index (χ2v) is 12.1. The number of rotatable bonds is 13. The van der Waals surface area contributed by atoms with E-state index in [2.05, 4.69) is 0 Å². The molecule has 3 atom stereocenters. The number of hydrogen-bond donors (Lipinski definition) is 2. The van der Waals surface area contributed by atoms with Crippen molar-refractivity contribution in [3.63, 3.8) is 0 Å². The maximum absolute atomic E-state index is 12.2. The Bertz CT molecular complexity index is 1970. The van der Waals surface area contributed by atoms with Crippen LogP contribution in [0.3, 0.4) is 0 Å². The maximum Gasteiger partial charge on any atom is 0.161 e. The van der Waals surface area contributed by atoms with Gasteiger partial charge in [-0.1, -0.05) is 127 Å². The molecule has 1 aliphatic heterocycles. The molecule has 1 heterocycles. The topological polar surface area (TPSA) is 86.6 Å². The van der Waals surface area contributed by atoms with E-state index < -0.39 is 18.3 Å². The van der Waals surface area contributed by atoms with Gasteiger partial charge in [0.2, 0.25) is 0 Å². The third-order valence-corrected chi connectivity index (χ3v) is 8.56. The molecule has 0 radical (unpaired) electrons. The molecule has 0 aromatic heterocycles. The monoisotopic (exact) mass is 666 g/mol. The van der Waals surface area contributed by atoms with Gasteiger partial charge in [0.1, 0.15) is 49.3 Å². The summed E-state index contributed by atoms with van der Waals surface area (Å²) in [5, 5.41) is 22.9. The molecule has 0 aliphatic carbocycles. The van der Waals surface area contributed by atoms with Crippen LogP contribution in [0.25, 0.3) is 0 Å². The zero-order valence-corrected chi connectivity index (χ0v) is 27.4. The van der Waals surface area contributed by atoms with Gasteiger partial charge in [-0.2, -0.15) is 0 Å². The molecule has 2 unspecified atom stereocenters. The first-order valence-electron chi connectivity index (χ1n) is 16.6. The molecule has 7 rings (SSSR count). The van der Waals surface area contributed by atoms with E-state index in [4.69, 9.17) is 23.7 Å². The van der Waals surface area contributed by atoms with Gasteiger partial charge in [0.05, 0.1) is 12.2 Å². The van der Waals surface area contributed by atoms with Gasteiger partial charge in [-0.3, -0.25) is 0 Å². The van der Waals surface area contributed by atoms with Crippen molar-refractivity contribution >= 4 is 0 Å². The van der Waals surface area contributed by atoms with Crippen molar-refractivity contribution in [1.29, 1.82) is 0 Å². The smallest absolute Gasteiger partial charge is 0.161 e. The first kappa shape index (κ1) is 32.8. The van der Waals surface area contributed by atoms with E-state index in [1.54, 1.807) is 30.3 Å². The minimum absolute atomic E-state index is 0.00334. The van der Waals surface area contributed by atoms with Crippen LogP contribution in [0.4, 0.5) is 0 Å². The van der Waals surface area contributed by atoms with Crippen LogP contribution in [0.2, 0.25) is 0 Å². The summed E-state index contributed by atoms with van der Waals surface area (Å²) < 4.78 is 31.9. The maximum atomic E-state index is 12.2. The third kappa shape index (κ3) is 7.92. The lowest BCUT2D eigenvalue weighted by atomic mass is 9.91. The van der Waals surface area contributed by atoms with E-state index in [9.17, 15) is 10.2 Å². The molecule has 0 saturated carbocycles. The first-order valence-corrected chi connectivity index (χ1v) is 16.6. The lowest BCUT2D eigenvalue weighted by Crippen LogP contribution is -2.37. The average molecular weight is 667 g/mol. The first-order chi connectivity index (χ1) is 24.6. The highest BCUT2D eigenvalue weighted by Crippen LogP contribution is 2.49. The fourth-order valence-electron chi connectivity index (χ4n) is 5.94. The second kappa shape index (κ2) is 15.6. The van der Waals surface area contributed by atoms with Crippen molar-refractivity contribution in [1.82, 2.24) is 0 Å². The standard InChI is InChI=1S/C43H38O7/c44-36-22-21-34(23-37(36)47-27-31-15-7-2-8-16-31)42-43(49-29-33-19-11-4-12-20-33)41(45)40-38(48-28-32-17-9-3-10-18-32)24-35(25-39(40)50-42)46-26-30-13-5-1-6-14-30/h1-25,41-45H,26-29H2/t41-,42?,43?/m0/s1. The molecule has 0 amide bonds. The SMILES string of the molecule is Oc1ccc(C2Oc3cc(OCc4ccccc4)cc(OCc4ccccc4)c3[C@H](O)C2OCc2ccccc2)cc1OCc1ccccc1. The Morgan fingerprint density at radius 3 is 1.58 bits per heavy atom. The van der Waals surface area contributed by atoms with Gasteiger partial charge >= 0.3 is 0 Å². The van der Waals surface area contributed by atoms with E-state index in [0.29, 0.717) is 40.7 Å². The van der Waals surface area contributed by atoms with Crippen molar-refractivity contribution in [3.8, 4) is 28.7 Å². The summed E-state index contributed by atoms with van der Waals surface area (Å²) in [6, 6.07) is 47.9. The minimum Gasteiger partial charge on any atom is -0.504 e. The van der Waals surface area contributed by atoms with Gasteiger partial charge in [0.15, 0.2) is 17.6 Å². The highest BCUT2D eigenvalue weighted by molar-refractivity contribution is 5.55. The molecule has 0 spiro atoms. The lowest BCUT2D eigenvalue weighted by Gasteiger charge is -2.38. The summed E-state index contributed by atoms with van der Waals surface area (Å²) in [4.78, 5) is 0. The third-order valence-electron chi connectivity index (χ3n) is 8.56. The number of benzene rings is 6. The minimum atomic E-state index is -1.14. The van der Waals surface area contributed by atoms with Crippen LogP contribution in [0.5, 0.6) is 28.7 Å². The zero-order chi connectivity index (χ0) is 34.1. The second-order valence-electron chi connectivity index (χ2n) is 12.1. The molecule has 0 bridgehead atoms. The predicted octanol–water partition coefficient (Wildman–Crippen LogP) is 8.88. The Balaban J connectivity index is 1.24. The number of hydrogen-bond acceptors (Lipinski definition) is 7. The normalized spacial score (nSPS) is 16.5. The summed E-state index contributed by atoms with van der Waals surface area (Å²) in [6.07, 6.45) is -2.75. The van der Waals surface area contributed by atoms with E-state index in [0.717, 1.165) is 22.3 Å². The number of phenols is 1. The number of aliphatic hydroxyl groups excluding tert-OH is 1. The van der Waals surface area contributed by atoms with Gasteiger partial charge < -0.3 is 33.9 Å². The quantitative estimate of drug-likeness (QED) is 0.127. The Morgan fingerprint density at radius 2 is 1.02 bits per heavy atom. The molecule has 252 valence electrons. The molecule has 7 heteroatoms. The van der Waals surface area contributed by atoms with E-state index >= 15 is 0 Å². The van der Waals surface area contributed by atoms with Crippen molar-refractivity contribution in [2.45, 2.75) is 44.7 Å². The lowest BCUT2D eigenvalue weighted by molar-refractivity contribution is -0.117. The summed E-state index contributed by atoms with van der Waals surface area (Å²) in [5.41, 5.74) is 5.04. The number of aliphatic hydroxyl groups is 1. The van der Waals surface area contributed by atoms with Crippen LogP contribution in [-0.4, -0.2) is 16.3 Å². The number of phenolic OH excluding ortho intramolecular Hbond substituents is 1.